The van der Waals surface area contributed by atoms with Crippen LogP contribution in [0.1, 0.15) is 77.0 Å². The fourth-order valence-corrected chi connectivity index (χ4v) is 3.69. The standard InChI is InChI=1S/C15H28O/c16-15(14-11-7-4-8-12-14)13-9-5-2-1-3-6-10-13/h13-16H,1-12H2. The Kier molecular flexibility index (Phi) is 5.15. The number of aliphatic hydroxyl groups excluding tert-OH is 1. The molecule has 1 unspecified atom stereocenters. The molecule has 1 N–H and O–H groups in total. The molecule has 0 aromatic carbocycles. The minimum absolute atomic E-state index is 0.0263. The van der Waals surface area contributed by atoms with Gasteiger partial charge in [-0.3, -0.25) is 0 Å². The first-order valence-corrected chi connectivity index (χ1v) is 7.56. The van der Waals surface area contributed by atoms with Gasteiger partial charge in [0.15, 0.2) is 0 Å². The van der Waals surface area contributed by atoms with Crippen LogP contribution in [-0.4, -0.2) is 11.2 Å². The molecule has 0 spiro atoms. The Hall–Kier alpha value is -0.0400. The molecule has 1 heteroatoms. The molecule has 2 saturated carbocycles. The molecule has 2 rings (SSSR count). The zero-order chi connectivity index (χ0) is 11.2. The summed E-state index contributed by atoms with van der Waals surface area (Å²) in [5, 5.41) is 10.5. The van der Waals surface area contributed by atoms with Gasteiger partial charge in [0.2, 0.25) is 0 Å². The van der Waals surface area contributed by atoms with E-state index in [2.05, 4.69) is 0 Å². The van der Waals surface area contributed by atoms with E-state index in [-0.39, 0.29) is 6.10 Å². The van der Waals surface area contributed by atoms with E-state index in [1.807, 2.05) is 0 Å². The van der Waals surface area contributed by atoms with Crippen LogP contribution in [0.15, 0.2) is 0 Å². The highest BCUT2D eigenvalue weighted by atomic mass is 16.3. The maximum Gasteiger partial charge on any atom is 0.0596 e. The molecule has 1 atom stereocenters. The SMILES string of the molecule is OC(C1CCCCCCC1)C1CCCCC1. The van der Waals surface area contributed by atoms with Gasteiger partial charge in [0, 0.05) is 0 Å². The minimum Gasteiger partial charge on any atom is -0.393 e. The monoisotopic (exact) mass is 224 g/mol. The third kappa shape index (κ3) is 3.48. The second-order valence-electron chi connectivity index (χ2n) is 5.99. The zero-order valence-corrected chi connectivity index (χ0v) is 10.7. The van der Waals surface area contributed by atoms with Crippen molar-refractivity contribution in [1.82, 2.24) is 0 Å². The Morgan fingerprint density at radius 1 is 0.562 bits per heavy atom. The summed E-state index contributed by atoms with van der Waals surface area (Å²) >= 11 is 0. The van der Waals surface area contributed by atoms with Gasteiger partial charge in [-0.1, -0.05) is 51.4 Å². The summed E-state index contributed by atoms with van der Waals surface area (Å²) in [7, 11) is 0. The summed E-state index contributed by atoms with van der Waals surface area (Å²) < 4.78 is 0. The van der Waals surface area contributed by atoms with Crippen molar-refractivity contribution in [3.05, 3.63) is 0 Å². The van der Waals surface area contributed by atoms with E-state index in [1.165, 1.54) is 77.0 Å². The summed E-state index contributed by atoms with van der Waals surface area (Å²) in [6.45, 7) is 0. The summed E-state index contributed by atoms with van der Waals surface area (Å²) in [5.41, 5.74) is 0. The summed E-state index contributed by atoms with van der Waals surface area (Å²) in [6, 6.07) is 0. The Morgan fingerprint density at radius 2 is 0.875 bits per heavy atom. The maximum absolute atomic E-state index is 10.5. The van der Waals surface area contributed by atoms with Crippen molar-refractivity contribution in [2.75, 3.05) is 0 Å². The van der Waals surface area contributed by atoms with E-state index in [0.717, 1.165) is 0 Å². The molecule has 0 saturated heterocycles. The molecule has 0 aromatic heterocycles. The van der Waals surface area contributed by atoms with Gasteiger partial charge in [0.1, 0.15) is 0 Å². The second-order valence-corrected chi connectivity index (χ2v) is 5.99. The zero-order valence-electron chi connectivity index (χ0n) is 10.7. The minimum atomic E-state index is 0.0263. The van der Waals surface area contributed by atoms with Crippen LogP contribution in [0.5, 0.6) is 0 Å². The molecular weight excluding hydrogens is 196 g/mol. The van der Waals surface area contributed by atoms with E-state index in [1.54, 1.807) is 0 Å². The topological polar surface area (TPSA) is 20.2 Å². The van der Waals surface area contributed by atoms with Crippen LogP contribution in [0.3, 0.4) is 0 Å². The third-order valence-electron chi connectivity index (χ3n) is 4.77. The van der Waals surface area contributed by atoms with Gasteiger partial charge >= 0.3 is 0 Å². The van der Waals surface area contributed by atoms with Gasteiger partial charge in [-0.15, -0.1) is 0 Å². The fourth-order valence-electron chi connectivity index (χ4n) is 3.69. The molecular formula is C15H28O. The lowest BCUT2D eigenvalue weighted by Gasteiger charge is -2.33. The van der Waals surface area contributed by atoms with Crippen molar-refractivity contribution in [3.63, 3.8) is 0 Å². The van der Waals surface area contributed by atoms with Crippen molar-refractivity contribution in [2.24, 2.45) is 11.8 Å². The number of rotatable bonds is 2. The predicted molar refractivity (Wildman–Crippen MR) is 68.4 cm³/mol. The lowest BCUT2D eigenvalue weighted by molar-refractivity contribution is 0.0228. The lowest BCUT2D eigenvalue weighted by atomic mass is 9.76. The number of hydrogen-bond donors (Lipinski definition) is 1. The van der Waals surface area contributed by atoms with Crippen LogP contribution in [-0.2, 0) is 0 Å². The summed E-state index contributed by atoms with van der Waals surface area (Å²) in [4.78, 5) is 0. The first-order valence-electron chi connectivity index (χ1n) is 7.56. The van der Waals surface area contributed by atoms with Crippen molar-refractivity contribution in [3.8, 4) is 0 Å². The molecule has 2 fully saturated rings. The highest BCUT2D eigenvalue weighted by molar-refractivity contribution is 4.80. The molecule has 2 aliphatic carbocycles. The van der Waals surface area contributed by atoms with Crippen LogP contribution in [0.2, 0.25) is 0 Å². The van der Waals surface area contributed by atoms with E-state index in [0.29, 0.717) is 11.8 Å². The van der Waals surface area contributed by atoms with Gasteiger partial charge in [-0.2, -0.15) is 0 Å². The Morgan fingerprint density at radius 3 is 1.31 bits per heavy atom. The number of hydrogen-bond acceptors (Lipinski definition) is 1. The van der Waals surface area contributed by atoms with Crippen molar-refractivity contribution < 1.29 is 5.11 Å². The average Bonchev–Trinajstić information content (AvgIpc) is 2.29. The first kappa shape index (κ1) is 12.4. The van der Waals surface area contributed by atoms with Gasteiger partial charge < -0.3 is 5.11 Å². The van der Waals surface area contributed by atoms with Crippen molar-refractivity contribution >= 4 is 0 Å². The highest BCUT2D eigenvalue weighted by Gasteiger charge is 2.28. The molecule has 0 bridgehead atoms. The summed E-state index contributed by atoms with van der Waals surface area (Å²) in [5.74, 6) is 1.27. The molecule has 2 aliphatic rings. The van der Waals surface area contributed by atoms with E-state index >= 15 is 0 Å². The van der Waals surface area contributed by atoms with Crippen LogP contribution >= 0.6 is 0 Å². The molecule has 0 aromatic rings. The normalized spacial score (nSPS) is 28.3. The molecule has 0 aliphatic heterocycles. The largest absolute Gasteiger partial charge is 0.393 e. The Bertz CT molecular complexity index is 176. The second kappa shape index (κ2) is 6.64. The summed E-state index contributed by atoms with van der Waals surface area (Å²) in [6.07, 6.45) is 16.2. The van der Waals surface area contributed by atoms with E-state index < -0.39 is 0 Å². The molecule has 0 radical (unpaired) electrons. The molecule has 16 heavy (non-hydrogen) atoms. The Balaban J connectivity index is 1.82. The van der Waals surface area contributed by atoms with Crippen LogP contribution in [0.25, 0.3) is 0 Å². The fraction of sp³-hybridized carbons (Fsp3) is 1.00. The molecule has 0 amide bonds. The highest BCUT2D eigenvalue weighted by Crippen LogP contribution is 2.34. The quantitative estimate of drug-likeness (QED) is 0.742. The van der Waals surface area contributed by atoms with Crippen LogP contribution < -0.4 is 0 Å². The maximum atomic E-state index is 10.5. The van der Waals surface area contributed by atoms with E-state index in [9.17, 15) is 5.11 Å². The van der Waals surface area contributed by atoms with Crippen molar-refractivity contribution in [1.29, 1.82) is 0 Å². The van der Waals surface area contributed by atoms with Gasteiger partial charge in [-0.05, 0) is 37.5 Å². The smallest absolute Gasteiger partial charge is 0.0596 e. The lowest BCUT2D eigenvalue weighted by Crippen LogP contribution is -2.31. The van der Waals surface area contributed by atoms with Crippen LogP contribution in [0.4, 0.5) is 0 Å². The third-order valence-corrected chi connectivity index (χ3v) is 4.77. The van der Waals surface area contributed by atoms with E-state index in [4.69, 9.17) is 0 Å². The molecule has 1 nitrogen and oxygen atoms in total. The molecule has 0 heterocycles. The predicted octanol–water partition coefficient (Wildman–Crippen LogP) is 4.29. The van der Waals surface area contributed by atoms with Crippen LogP contribution in [0, 0.1) is 11.8 Å². The van der Waals surface area contributed by atoms with Gasteiger partial charge in [-0.25, -0.2) is 0 Å². The average molecular weight is 224 g/mol. The van der Waals surface area contributed by atoms with Gasteiger partial charge in [0.05, 0.1) is 6.10 Å². The van der Waals surface area contributed by atoms with Crippen molar-refractivity contribution in [2.45, 2.75) is 83.2 Å². The number of aliphatic hydroxyl groups is 1. The Labute approximate surface area is 101 Å². The molecule has 94 valence electrons. The first-order chi connectivity index (χ1) is 7.88. The van der Waals surface area contributed by atoms with Gasteiger partial charge in [0.25, 0.3) is 0 Å².